The van der Waals surface area contributed by atoms with Crippen LogP contribution in [0.3, 0.4) is 0 Å². The van der Waals surface area contributed by atoms with Gasteiger partial charge in [0.2, 0.25) is 0 Å². The summed E-state index contributed by atoms with van der Waals surface area (Å²) in [7, 11) is 1.32. The summed E-state index contributed by atoms with van der Waals surface area (Å²) in [4.78, 5) is 32.9. The molecule has 0 saturated heterocycles. The van der Waals surface area contributed by atoms with Gasteiger partial charge in [-0.05, 0) is 25.0 Å². The van der Waals surface area contributed by atoms with Gasteiger partial charge in [-0.2, -0.15) is 0 Å². The number of nitrogens with zero attached hydrogens (tertiary/aromatic N) is 1. The van der Waals surface area contributed by atoms with Crippen molar-refractivity contribution >= 4 is 17.6 Å². The third-order valence-corrected chi connectivity index (χ3v) is 3.22. The van der Waals surface area contributed by atoms with E-state index in [1.165, 1.54) is 31.4 Å². The Labute approximate surface area is 114 Å². The molecule has 106 valence electrons. The zero-order valence-electron chi connectivity index (χ0n) is 10.8. The van der Waals surface area contributed by atoms with Gasteiger partial charge in [0.1, 0.15) is 6.10 Å². The van der Waals surface area contributed by atoms with Gasteiger partial charge in [0.25, 0.3) is 5.69 Å². The average molecular weight is 279 g/mol. The Morgan fingerprint density at radius 3 is 2.35 bits per heavy atom. The zero-order valence-corrected chi connectivity index (χ0v) is 10.8. The fraction of sp³-hybridized carbons (Fsp3) is 0.385. The number of methoxy groups -OCH3 is 1. The lowest BCUT2D eigenvalue weighted by molar-refractivity contribution is -0.384. The normalized spacial score (nSPS) is 20.6. The molecule has 7 nitrogen and oxygen atoms in total. The number of hydrogen-bond acceptors (Lipinski definition) is 6. The van der Waals surface area contributed by atoms with Crippen molar-refractivity contribution in [2.45, 2.75) is 18.9 Å². The molecule has 0 aliphatic heterocycles. The largest absolute Gasteiger partial charge is 0.469 e. The molecule has 0 aromatic heterocycles. The summed E-state index contributed by atoms with van der Waals surface area (Å²) in [5.74, 6) is -1.06. The Kier molecular flexibility index (Phi) is 3.97. The van der Waals surface area contributed by atoms with Crippen LogP contribution in [0.2, 0.25) is 0 Å². The van der Waals surface area contributed by atoms with E-state index >= 15 is 0 Å². The lowest BCUT2D eigenvalue weighted by Crippen LogP contribution is -2.38. The predicted octanol–water partition coefficient (Wildman–Crippen LogP) is 1.70. The van der Waals surface area contributed by atoms with Crippen LogP contribution in [-0.4, -0.2) is 30.1 Å². The van der Waals surface area contributed by atoms with Crippen LogP contribution >= 0.6 is 0 Å². The molecule has 1 aromatic rings. The van der Waals surface area contributed by atoms with E-state index in [-0.39, 0.29) is 29.2 Å². The van der Waals surface area contributed by atoms with Crippen LogP contribution in [0.25, 0.3) is 0 Å². The fourth-order valence-electron chi connectivity index (χ4n) is 1.96. The summed E-state index contributed by atoms with van der Waals surface area (Å²) in [5.41, 5.74) is 0.160. The Morgan fingerprint density at radius 2 is 1.85 bits per heavy atom. The summed E-state index contributed by atoms with van der Waals surface area (Å²) in [6.07, 6.45) is 0.596. The van der Waals surface area contributed by atoms with E-state index in [9.17, 15) is 19.7 Å². The van der Waals surface area contributed by atoms with Crippen LogP contribution in [0.5, 0.6) is 0 Å². The molecule has 0 spiro atoms. The van der Waals surface area contributed by atoms with Crippen LogP contribution in [0, 0.1) is 16.0 Å². The van der Waals surface area contributed by atoms with Crippen molar-refractivity contribution in [3.8, 4) is 0 Å². The van der Waals surface area contributed by atoms with Crippen LogP contribution in [0.4, 0.5) is 5.69 Å². The molecule has 1 fully saturated rings. The van der Waals surface area contributed by atoms with Gasteiger partial charge < -0.3 is 9.47 Å². The molecule has 1 aromatic carbocycles. The molecule has 0 atom stereocenters. The van der Waals surface area contributed by atoms with E-state index in [2.05, 4.69) is 4.74 Å². The highest BCUT2D eigenvalue weighted by atomic mass is 16.6. The van der Waals surface area contributed by atoms with Gasteiger partial charge in [0.15, 0.2) is 0 Å². The molecule has 1 saturated carbocycles. The smallest absolute Gasteiger partial charge is 0.338 e. The molecule has 0 radical (unpaired) electrons. The molecular weight excluding hydrogens is 266 g/mol. The maximum Gasteiger partial charge on any atom is 0.338 e. The number of hydrogen-bond donors (Lipinski definition) is 0. The van der Waals surface area contributed by atoms with Crippen LogP contribution < -0.4 is 0 Å². The molecule has 0 bridgehead atoms. The third kappa shape index (κ3) is 2.93. The molecule has 0 amide bonds. The average Bonchev–Trinajstić information content (AvgIpc) is 2.41. The number of ether oxygens (including phenoxy) is 2. The van der Waals surface area contributed by atoms with Crippen molar-refractivity contribution in [2.24, 2.45) is 5.92 Å². The van der Waals surface area contributed by atoms with Crippen molar-refractivity contribution in [1.29, 1.82) is 0 Å². The minimum Gasteiger partial charge on any atom is -0.469 e. The van der Waals surface area contributed by atoms with Crippen LogP contribution in [0.15, 0.2) is 24.3 Å². The first kappa shape index (κ1) is 14.0. The highest BCUT2D eigenvalue weighted by molar-refractivity contribution is 5.89. The van der Waals surface area contributed by atoms with Gasteiger partial charge in [0, 0.05) is 12.1 Å². The van der Waals surface area contributed by atoms with E-state index in [1.807, 2.05) is 0 Å². The van der Waals surface area contributed by atoms with Gasteiger partial charge in [0.05, 0.1) is 23.5 Å². The number of carbonyl (C=O) groups is 2. The van der Waals surface area contributed by atoms with Gasteiger partial charge in [-0.3, -0.25) is 14.9 Å². The van der Waals surface area contributed by atoms with Crippen LogP contribution in [-0.2, 0) is 14.3 Å². The molecule has 1 aliphatic rings. The lowest BCUT2D eigenvalue weighted by atomic mass is 9.82. The highest BCUT2D eigenvalue weighted by Crippen LogP contribution is 2.31. The molecule has 20 heavy (non-hydrogen) atoms. The first-order chi connectivity index (χ1) is 9.51. The second-order valence-electron chi connectivity index (χ2n) is 4.52. The van der Waals surface area contributed by atoms with Crippen molar-refractivity contribution in [1.82, 2.24) is 0 Å². The number of benzene rings is 1. The van der Waals surface area contributed by atoms with Gasteiger partial charge in [-0.25, -0.2) is 4.79 Å². The number of nitro groups is 1. The summed E-state index contributed by atoms with van der Waals surface area (Å²) in [6, 6.07) is 5.18. The third-order valence-electron chi connectivity index (χ3n) is 3.22. The Hall–Kier alpha value is -2.44. The first-order valence-electron chi connectivity index (χ1n) is 6.04. The van der Waals surface area contributed by atoms with E-state index in [1.54, 1.807) is 0 Å². The standard InChI is InChI=1S/C13H13NO6/c1-19-12(15)9-6-11(7-9)20-13(16)8-2-4-10(5-3-8)14(17)18/h2-5,9,11H,6-7H2,1H3. The molecule has 0 heterocycles. The van der Waals surface area contributed by atoms with E-state index in [4.69, 9.17) is 4.74 Å². The summed E-state index contributed by atoms with van der Waals surface area (Å²) < 4.78 is 9.77. The minimum absolute atomic E-state index is 0.0871. The van der Waals surface area contributed by atoms with Gasteiger partial charge >= 0.3 is 11.9 Å². The number of nitro benzene ring substituents is 1. The van der Waals surface area contributed by atoms with Gasteiger partial charge in [-0.15, -0.1) is 0 Å². The van der Waals surface area contributed by atoms with Crippen LogP contribution in [0.1, 0.15) is 23.2 Å². The molecule has 7 heteroatoms. The molecule has 0 N–H and O–H groups in total. The maximum absolute atomic E-state index is 11.8. The van der Waals surface area contributed by atoms with Gasteiger partial charge in [-0.1, -0.05) is 0 Å². The molecule has 2 rings (SSSR count). The van der Waals surface area contributed by atoms with Crippen molar-refractivity contribution in [2.75, 3.05) is 7.11 Å². The Bertz CT molecular complexity index is 532. The minimum atomic E-state index is -0.548. The number of rotatable bonds is 4. The van der Waals surface area contributed by atoms with Crippen molar-refractivity contribution < 1.29 is 24.0 Å². The first-order valence-corrected chi connectivity index (χ1v) is 6.04. The summed E-state index contributed by atoms with van der Waals surface area (Å²) in [5, 5.41) is 10.5. The number of carbonyl (C=O) groups excluding carboxylic acids is 2. The van der Waals surface area contributed by atoms with Crippen molar-refractivity contribution in [3.63, 3.8) is 0 Å². The predicted molar refractivity (Wildman–Crippen MR) is 67.0 cm³/mol. The SMILES string of the molecule is COC(=O)C1CC(OC(=O)c2ccc([N+](=O)[O-])cc2)C1. The quantitative estimate of drug-likeness (QED) is 0.473. The Morgan fingerprint density at radius 1 is 1.25 bits per heavy atom. The summed E-state index contributed by atoms with van der Waals surface area (Å²) >= 11 is 0. The lowest BCUT2D eigenvalue weighted by Gasteiger charge is -2.32. The van der Waals surface area contributed by atoms with E-state index in [0.29, 0.717) is 12.8 Å². The highest BCUT2D eigenvalue weighted by Gasteiger charge is 2.37. The molecule has 1 aliphatic carbocycles. The van der Waals surface area contributed by atoms with E-state index < -0.39 is 10.9 Å². The van der Waals surface area contributed by atoms with E-state index in [0.717, 1.165) is 0 Å². The number of esters is 2. The fourth-order valence-corrected chi connectivity index (χ4v) is 1.96. The monoisotopic (exact) mass is 279 g/mol. The van der Waals surface area contributed by atoms with Crippen molar-refractivity contribution in [3.05, 3.63) is 39.9 Å². The summed E-state index contributed by atoms with van der Waals surface area (Å²) in [6.45, 7) is 0. The topological polar surface area (TPSA) is 95.7 Å². The maximum atomic E-state index is 11.8. The second-order valence-corrected chi connectivity index (χ2v) is 4.52. The second kappa shape index (κ2) is 5.68. The molecule has 0 unspecified atom stereocenters. The number of non-ortho nitro benzene ring substituents is 1. The zero-order chi connectivity index (χ0) is 14.7. The molecular formula is C13H13NO6. The Balaban J connectivity index is 1.87.